The third-order valence-corrected chi connectivity index (χ3v) is 4.63. The molecule has 0 aromatic heterocycles. The second kappa shape index (κ2) is 4.78. The van der Waals surface area contributed by atoms with Gasteiger partial charge in [-0.05, 0) is 44.5 Å². The monoisotopic (exact) mass is 263 g/mol. The van der Waals surface area contributed by atoms with Crippen molar-refractivity contribution in [1.29, 1.82) is 0 Å². The van der Waals surface area contributed by atoms with Gasteiger partial charge in [0.15, 0.2) is 0 Å². The summed E-state index contributed by atoms with van der Waals surface area (Å²) < 4.78 is 19.6. The molecule has 0 saturated heterocycles. The number of hydrogen-bond acceptors (Lipinski definition) is 2. The normalized spacial score (nSPS) is 30.4. The van der Waals surface area contributed by atoms with Crippen molar-refractivity contribution in [2.24, 2.45) is 5.92 Å². The molecule has 1 aromatic rings. The minimum absolute atomic E-state index is 0.121. The summed E-state index contributed by atoms with van der Waals surface area (Å²) in [5.74, 6) is 1.46. The maximum absolute atomic E-state index is 13.4. The van der Waals surface area contributed by atoms with E-state index in [2.05, 4.69) is 12.2 Å². The number of ether oxygens (including phenoxy) is 1. The Kier molecular flexibility index (Phi) is 3.25. The lowest BCUT2D eigenvalue weighted by Crippen LogP contribution is -2.43. The molecule has 19 heavy (non-hydrogen) atoms. The standard InChI is InChI=1S/C16H22FNO/c1-16(9-11-4-3-5-11)10-14(18-2)13-8-12(17)6-7-15(13)19-16/h6-8,11,14,18H,3-5,9-10H2,1-2H3. The molecule has 3 heteroatoms. The molecule has 0 radical (unpaired) electrons. The second-order valence-corrected chi connectivity index (χ2v) is 6.28. The Hall–Kier alpha value is -1.09. The first-order valence-corrected chi connectivity index (χ1v) is 7.25. The maximum Gasteiger partial charge on any atom is 0.125 e. The Bertz CT molecular complexity index is 472. The van der Waals surface area contributed by atoms with Crippen molar-refractivity contribution in [1.82, 2.24) is 5.32 Å². The Morgan fingerprint density at radius 2 is 2.21 bits per heavy atom. The van der Waals surface area contributed by atoms with Crippen molar-refractivity contribution in [3.8, 4) is 5.75 Å². The maximum atomic E-state index is 13.4. The molecule has 1 heterocycles. The molecule has 0 spiro atoms. The zero-order chi connectivity index (χ0) is 13.5. The molecular weight excluding hydrogens is 241 g/mol. The molecule has 2 aliphatic rings. The van der Waals surface area contributed by atoms with Crippen LogP contribution in [0.25, 0.3) is 0 Å². The SMILES string of the molecule is CNC1CC(C)(CC2CCC2)Oc2ccc(F)cc21. The lowest BCUT2D eigenvalue weighted by atomic mass is 9.74. The van der Waals surface area contributed by atoms with Crippen LogP contribution in [0.15, 0.2) is 18.2 Å². The number of hydrogen-bond donors (Lipinski definition) is 1. The van der Waals surface area contributed by atoms with Gasteiger partial charge in [0.2, 0.25) is 0 Å². The molecule has 2 atom stereocenters. The van der Waals surface area contributed by atoms with Gasteiger partial charge < -0.3 is 10.1 Å². The summed E-state index contributed by atoms with van der Waals surface area (Å²) in [6.45, 7) is 2.20. The zero-order valence-corrected chi connectivity index (χ0v) is 11.7. The van der Waals surface area contributed by atoms with Crippen molar-refractivity contribution in [3.05, 3.63) is 29.6 Å². The first kappa shape index (κ1) is 12.9. The van der Waals surface area contributed by atoms with Gasteiger partial charge >= 0.3 is 0 Å². The van der Waals surface area contributed by atoms with Crippen LogP contribution in [-0.2, 0) is 0 Å². The van der Waals surface area contributed by atoms with Gasteiger partial charge in [0.25, 0.3) is 0 Å². The number of nitrogens with one attached hydrogen (secondary N) is 1. The van der Waals surface area contributed by atoms with Gasteiger partial charge in [0.1, 0.15) is 17.2 Å². The van der Waals surface area contributed by atoms with Crippen LogP contribution < -0.4 is 10.1 Å². The quantitative estimate of drug-likeness (QED) is 0.895. The molecule has 2 unspecified atom stereocenters. The smallest absolute Gasteiger partial charge is 0.125 e. The molecule has 2 nitrogen and oxygen atoms in total. The summed E-state index contributed by atoms with van der Waals surface area (Å²) in [4.78, 5) is 0. The van der Waals surface area contributed by atoms with Gasteiger partial charge in [0, 0.05) is 18.0 Å². The van der Waals surface area contributed by atoms with E-state index in [-0.39, 0.29) is 17.5 Å². The molecular formula is C16H22FNO. The summed E-state index contributed by atoms with van der Waals surface area (Å²) in [6, 6.07) is 5.04. The van der Waals surface area contributed by atoms with Gasteiger partial charge in [-0.2, -0.15) is 0 Å². The molecule has 1 N–H and O–H groups in total. The van der Waals surface area contributed by atoms with Crippen LogP contribution in [0.2, 0.25) is 0 Å². The Labute approximate surface area is 114 Å². The molecule has 0 amide bonds. The highest BCUT2D eigenvalue weighted by molar-refractivity contribution is 5.39. The van der Waals surface area contributed by atoms with Crippen LogP contribution in [0, 0.1) is 11.7 Å². The van der Waals surface area contributed by atoms with Crippen LogP contribution in [0.1, 0.15) is 50.6 Å². The first-order valence-electron chi connectivity index (χ1n) is 7.25. The largest absolute Gasteiger partial charge is 0.487 e. The molecule has 1 fully saturated rings. The third kappa shape index (κ3) is 2.48. The van der Waals surface area contributed by atoms with Gasteiger partial charge in [-0.25, -0.2) is 4.39 Å². The van der Waals surface area contributed by atoms with Gasteiger partial charge in [-0.3, -0.25) is 0 Å². The van der Waals surface area contributed by atoms with Crippen molar-refractivity contribution < 1.29 is 9.13 Å². The predicted octanol–water partition coefficient (Wildman–Crippen LogP) is 3.82. The first-order chi connectivity index (χ1) is 9.09. The highest BCUT2D eigenvalue weighted by atomic mass is 19.1. The van der Waals surface area contributed by atoms with E-state index in [0.717, 1.165) is 30.1 Å². The minimum atomic E-state index is -0.190. The molecule has 1 saturated carbocycles. The predicted molar refractivity (Wildman–Crippen MR) is 73.8 cm³/mol. The fourth-order valence-electron chi connectivity index (χ4n) is 3.42. The van der Waals surface area contributed by atoms with Gasteiger partial charge in [-0.15, -0.1) is 0 Å². The summed E-state index contributed by atoms with van der Waals surface area (Å²) >= 11 is 0. The highest BCUT2D eigenvalue weighted by Crippen LogP contribution is 2.45. The minimum Gasteiger partial charge on any atom is -0.487 e. The fraction of sp³-hybridized carbons (Fsp3) is 0.625. The summed E-state index contributed by atoms with van der Waals surface area (Å²) in [5, 5.41) is 3.31. The molecule has 3 rings (SSSR count). The Morgan fingerprint density at radius 3 is 2.84 bits per heavy atom. The summed E-state index contributed by atoms with van der Waals surface area (Å²) in [5.41, 5.74) is 0.831. The van der Waals surface area contributed by atoms with Crippen molar-refractivity contribution in [3.63, 3.8) is 0 Å². The third-order valence-electron chi connectivity index (χ3n) is 4.63. The van der Waals surface area contributed by atoms with E-state index in [9.17, 15) is 4.39 Å². The average Bonchev–Trinajstić information content (AvgIpc) is 2.34. The lowest BCUT2D eigenvalue weighted by Gasteiger charge is -2.43. The van der Waals surface area contributed by atoms with E-state index in [1.165, 1.54) is 25.3 Å². The van der Waals surface area contributed by atoms with Crippen LogP contribution in [0.4, 0.5) is 4.39 Å². The molecule has 1 aliphatic heterocycles. The van der Waals surface area contributed by atoms with E-state index < -0.39 is 0 Å². The van der Waals surface area contributed by atoms with E-state index in [0.29, 0.717) is 0 Å². The fourth-order valence-corrected chi connectivity index (χ4v) is 3.42. The van der Waals surface area contributed by atoms with E-state index in [1.807, 2.05) is 7.05 Å². The lowest BCUT2D eigenvalue weighted by molar-refractivity contribution is 0.0132. The van der Waals surface area contributed by atoms with E-state index >= 15 is 0 Å². The van der Waals surface area contributed by atoms with Gasteiger partial charge in [-0.1, -0.05) is 19.3 Å². The Balaban J connectivity index is 1.86. The number of fused-ring (bicyclic) bond motifs is 1. The number of benzene rings is 1. The average molecular weight is 263 g/mol. The number of halogens is 1. The molecule has 0 bridgehead atoms. The van der Waals surface area contributed by atoms with Crippen LogP contribution in [-0.4, -0.2) is 12.6 Å². The van der Waals surface area contributed by atoms with E-state index in [1.54, 1.807) is 12.1 Å². The van der Waals surface area contributed by atoms with Crippen molar-refractivity contribution in [2.75, 3.05) is 7.05 Å². The van der Waals surface area contributed by atoms with Crippen LogP contribution >= 0.6 is 0 Å². The molecule has 1 aromatic carbocycles. The van der Waals surface area contributed by atoms with Crippen molar-refractivity contribution in [2.45, 2.75) is 50.7 Å². The van der Waals surface area contributed by atoms with Gasteiger partial charge in [0.05, 0.1) is 0 Å². The number of rotatable bonds is 3. The van der Waals surface area contributed by atoms with Crippen LogP contribution in [0.5, 0.6) is 5.75 Å². The summed E-state index contributed by atoms with van der Waals surface area (Å²) in [7, 11) is 1.94. The summed E-state index contributed by atoms with van der Waals surface area (Å²) in [6.07, 6.45) is 6.05. The highest BCUT2D eigenvalue weighted by Gasteiger charge is 2.39. The molecule has 104 valence electrons. The Morgan fingerprint density at radius 1 is 1.42 bits per heavy atom. The van der Waals surface area contributed by atoms with Crippen molar-refractivity contribution >= 4 is 0 Å². The second-order valence-electron chi connectivity index (χ2n) is 6.28. The molecule has 1 aliphatic carbocycles. The topological polar surface area (TPSA) is 21.3 Å². The van der Waals surface area contributed by atoms with Crippen LogP contribution in [0.3, 0.4) is 0 Å². The zero-order valence-electron chi connectivity index (χ0n) is 11.7. The van der Waals surface area contributed by atoms with E-state index in [4.69, 9.17) is 4.74 Å².